The number of carbonyl (C=O) groups is 3. The van der Waals surface area contributed by atoms with Crippen LogP contribution >= 0.6 is 0 Å². The van der Waals surface area contributed by atoms with Crippen LogP contribution in [-0.4, -0.2) is 44.0 Å². The van der Waals surface area contributed by atoms with Crippen molar-refractivity contribution in [3.8, 4) is 5.75 Å². The second-order valence-electron chi connectivity index (χ2n) is 11.4. The van der Waals surface area contributed by atoms with Crippen LogP contribution < -0.4 is 15.0 Å². The summed E-state index contributed by atoms with van der Waals surface area (Å²) in [6, 6.07) is 31.1. The Bertz CT molecular complexity index is 1600. The molecular formula is C38H40N2O5. The molecule has 1 atom stereocenters. The zero-order valence-electron chi connectivity index (χ0n) is 25.9. The number of amides is 1. The predicted octanol–water partition coefficient (Wildman–Crippen LogP) is 7.02. The van der Waals surface area contributed by atoms with Gasteiger partial charge in [-0.15, -0.1) is 0 Å². The number of benzene rings is 4. The van der Waals surface area contributed by atoms with Crippen molar-refractivity contribution in [2.24, 2.45) is 5.92 Å². The van der Waals surface area contributed by atoms with Gasteiger partial charge in [-0.2, -0.15) is 0 Å². The van der Waals surface area contributed by atoms with E-state index in [9.17, 15) is 14.4 Å². The van der Waals surface area contributed by atoms with Crippen molar-refractivity contribution >= 4 is 29.0 Å². The number of methoxy groups -OCH3 is 1. The minimum atomic E-state index is -0.712. The Morgan fingerprint density at radius 2 is 1.51 bits per heavy atom. The molecule has 0 aromatic heterocycles. The molecule has 7 heteroatoms. The minimum Gasteiger partial charge on any atom is -0.492 e. The van der Waals surface area contributed by atoms with E-state index in [-0.39, 0.29) is 17.6 Å². The highest BCUT2D eigenvalue weighted by Crippen LogP contribution is 2.30. The van der Waals surface area contributed by atoms with Crippen LogP contribution in [0.4, 0.5) is 11.4 Å². The molecule has 0 heterocycles. The van der Waals surface area contributed by atoms with Crippen LogP contribution in [-0.2, 0) is 20.7 Å². The van der Waals surface area contributed by atoms with Gasteiger partial charge in [0.2, 0.25) is 5.91 Å². The normalized spacial score (nSPS) is 13.6. The van der Waals surface area contributed by atoms with E-state index in [1.165, 1.54) is 7.11 Å². The van der Waals surface area contributed by atoms with Crippen LogP contribution in [0.25, 0.3) is 0 Å². The molecule has 0 bridgehead atoms. The number of ketones is 1. The molecule has 0 saturated heterocycles. The Morgan fingerprint density at radius 3 is 2.22 bits per heavy atom. The molecule has 0 spiro atoms. The van der Waals surface area contributed by atoms with Gasteiger partial charge in [0.25, 0.3) is 0 Å². The lowest BCUT2D eigenvalue weighted by Gasteiger charge is -2.27. The summed E-state index contributed by atoms with van der Waals surface area (Å²) in [5.41, 5.74) is 4.51. The summed E-state index contributed by atoms with van der Waals surface area (Å²) in [6.45, 7) is 2.84. The SMILES string of the molecule is COC(=O)[C@H](Cc1ccc(OCCN(C(=O)C2CCCC2)c2ccccc2C)cc1)Nc1ccccc1C(=O)c1ccccc1. The number of nitrogens with one attached hydrogen (secondary N) is 1. The van der Waals surface area contributed by atoms with Gasteiger partial charge in [0.1, 0.15) is 18.4 Å². The minimum absolute atomic E-state index is 0.0729. The van der Waals surface area contributed by atoms with Crippen molar-refractivity contribution in [2.45, 2.75) is 45.1 Å². The van der Waals surface area contributed by atoms with Gasteiger partial charge in [-0.3, -0.25) is 9.59 Å². The highest BCUT2D eigenvalue weighted by atomic mass is 16.5. The Kier molecular flexibility index (Phi) is 10.6. The summed E-state index contributed by atoms with van der Waals surface area (Å²) in [7, 11) is 1.35. The van der Waals surface area contributed by atoms with Gasteiger partial charge in [0, 0.05) is 34.8 Å². The van der Waals surface area contributed by atoms with Gasteiger partial charge in [-0.1, -0.05) is 85.6 Å². The van der Waals surface area contributed by atoms with Crippen LogP contribution in [0.5, 0.6) is 5.75 Å². The summed E-state index contributed by atoms with van der Waals surface area (Å²) in [5.74, 6) is 0.367. The molecule has 1 amide bonds. The van der Waals surface area contributed by atoms with Crippen LogP contribution in [0.3, 0.4) is 0 Å². The molecule has 1 aliphatic carbocycles. The van der Waals surface area contributed by atoms with E-state index in [1.807, 2.05) is 84.6 Å². The number of aryl methyl sites for hydroxylation is 1. The average molecular weight is 605 g/mol. The first-order valence-corrected chi connectivity index (χ1v) is 15.6. The molecule has 0 aliphatic heterocycles. The number of para-hydroxylation sites is 2. The van der Waals surface area contributed by atoms with Crippen LogP contribution in [0.1, 0.15) is 52.7 Å². The van der Waals surface area contributed by atoms with E-state index < -0.39 is 12.0 Å². The molecule has 1 saturated carbocycles. The van der Waals surface area contributed by atoms with Crippen molar-refractivity contribution < 1.29 is 23.9 Å². The lowest BCUT2D eigenvalue weighted by molar-refractivity contribution is -0.141. The quantitative estimate of drug-likeness (QED) is 0.130. The largest absolute Gasteiger partial charge is 0.492 e. The molecule has 7 nitrogen and oxygen atoms in total. The van der Waals surface area contributed by atoms with Gasteiger partial charge in [-0.25, -0.2) is 4.79 Å². The van der Waals surface area contributed by atoms with E-state index in [1.54, 1.807) is 30.3 Å². The number of hydrogen-bond donors (Lipinski definition) is 1. The molecule has 0 unspecified atom stereocenters. The van der Waals surface area contributed by atoms with Gasteiger partial charge in [0.15, 0.2) is 5.78 Å². The number of ether oxygens (including phenoxy) is 2. The van der Waals surface area contributed by atoms with Gasteiger partial charge in [-0.05, 0) is 61.2 Å². The Morgan fingerprint density at radius 1 is 0.844 bits per heavy atom. The summed E-state index contributed by atoms with van der Waals surface area (Å²) < 4.78 is 11.2. The zero-order valence-corrected chi connectivity index (χ0v) is 25.9. The van der Waals surface area contributed by atoms with Crippen molar-refractivity contribution in [1.29, 1.82) is 0 Å². The second kappa shape index (κ2) is 15.2. The second-order valence-corrected chi connectivity index (χ2v) is 11.4. The average Bonchev–Trinajstić information content (AvgIpc) is 3.63. The predicted molar refractivity (Wildman–Crippen MR) is 177 cm³/mol. The van der Waals surface area contributed by atoms with E-state index in [4.69, 9.17) is 9.47 Å². The van der Waals surface area contributed by atoms with Crippen LogP contribution in [0, 0.1) is 12.8 Å². The lowest BCUT2D eigenvalue weighted by Crippen LogP contribution is -2.38. The standard InChI is InChI=1S/C38H40N2O5/c1-27-12-6-11-19-35(27)40(37(42)30-15-7-8-16-30)24-25-45-31-22-20-28(21-23-31)26-34(38(43)44-2)39-33-18-10-9-17-32(33)36(41)29-13-4-3-5-14-29/h3-6,9-14,17-23,30,34,39H,7-8,15-16,24-26H2,1-2H3/t34-/m0/s1. The lowest BCUT2D eigenvalue weighted by atomic mass is 10.00. The van der Waals surface area contributed by atoms with E-state index in [2.05, 4.69) is 5.32 Å². The molecule has 5 rings (SSSR count). The number of nitrogens with zero attached hydrogens (tertiary/aromatic N) is 1. The van der Waals surface area contributed by atoms with Crippen molar-refractivity contribution in [1.82, 2.24) is 0 Å². The maximum Gasteiger partial charge on any atom is 0.328 e. The fraction of sp³-hybridized carbons (Fsp3) is 0.289. The molecule has 0 radical (unpaired) electrons. The first-order chi connectivity index (χ1) is 21.9. The summed E-state index contributed by atoms with van der Waals surface area (Å²) in [4.78, 5) is 41.3. The maximum absolute atomic E-state index is 13.4. The van der Waals surface area contributed by atoms with Crippen molar-refractivity contribution in [3.63, 3.8) is 0 Å². The third-order valence-corrected chi connectivity index (χ3v) is 8.35. The monoisotopic (exact) mass is 604 g/mol. The van der Waals surface area contributed by atoms with Gasteiger partial charge >= 0.3 is 5.97 Å². The molecule has 1 aliphatic rings. The zero-order chi connectivity index (χ0) is 31.6. The van der Waals surface area contributed by atoms with Crippen LogP contribution in [0.2, 0.25) is 0 Å². The number of esters is 1. The molecular weight excluding hydrogens is 564 g/mol. The molecule has 4 aromatic carbocycles. The highest BCUT2D eigenvalue weighted by Gasteiger charge is 2.29. The maximum atomic E-state index is 13.4. The third-order valence-electron chi connectivity index (χ3n) is 8.35. The summed E-state index contributed by atoms with van der Waals surface area (Å²) in [5, 5.41) is 3.25. The van der Waals surface area contributed by atoms with E-state index >= 15 is 0 Å². The van der Waals surface area contributed by atoms with Crippen molar-refractivity contribution in [3.05, 3.63) is 125 Å². The Labute approximate surface area is 265 Å². The molecule has 1 N–H and O–H groups in total. The molecule has 45 heavy (non-hydrogen) atoms. The highest BCUT2D eigenvalue weighted by molar-refractivity contribution is 6.12. The number of rotatable bonds is 13. The number of hydrogen-bond acceptors (Lipinski definition) is 6. The third kappa shape index (κ3) is 7.98. The number of anilines is 2. The summed E-state index contributed by atoms with van der Waals surface area (Å²) in [6.07, 6.45) is 4.44. The Balaban J connectivity index is 1.23. The van der Waals surface area contributed by atoms with Crippen LogP contribution in [0.15, 0.2) is 103 Å². The summed E-state index contributed by atoms with van der Waals surface area (Å²) >= 11 is 0. The van der Waals surface area contributed by atoms with Gasteiger partial charge < -0.3 is 19.7 Å². The fourth-order valence-electron chi connectivity index (χ4n) is 5.90. The molecule has 232 valence electrons. The van der Waals surface area contributed by atoms with Crippen molar-refractivity contribution in [2.75, 3.05) is 30.5 Å². The topological polar surface area (TPSA) is 84.9 Å². The first kappa shape index (κ1) is 31.5. The Hall–Kier alpha value is -4.91. The van der Waals surface area contributed by atoms with Gasteiger partial charge in [0.05, 0.1) is 13.7 Å². The molecule has 4 aromatic rings. The fourth-order valence-corrected chi connectivity index (χ4v) is 5.90. The first-order valence-electron chi connectivity index (χ1n) is 15.6. The smallest absolute Gasteiger partial charge is 0.328 e. The molecule has 1 fully saturated rings. The van der Waals surface area contributed by atoms with E-state index in [0.717, 1.165) is 42.5 Å². The number of carbonyl (C=O) groups excluding carboxylic acids is 3. The van der Waals surface area contributed by atoms with E-state index in [0.29, 0.717) is 42.1 Å².